The van der Waals surface area contributed by atoms with Crippen molar-refractivity contribution in [2.24, 2.45) is 28.1 Å². The van der Waals surface area contributed by atoms with Crippen molar-refractivity contribution in [3.05, 3.63) is 0 Å². The Bertz CT molecular complexity index is 1180. The van der Waals surface area contributed by atoms with Crippen LogP contribution in [0.3, 0.4) is 0 Å². The van der Waals surface area contributed by atoms with E-state index in [1.54, 1.807) is 13.8 Å². The van der Waals surface area contributed by atoms with Gasteiger partial charge < -0.3 is 64.4 Å². The van der Waals surface area contributed by atoms with Crippen LogP contribution >= 0.6 is 0 Å². The van der Waals surface area contributed by atoms with Gasteiger partial charge in [0.25, 0.3) is 0 Å². The first-order valence-electron chi connectivity index (χ1n) is 14.9. The third-order valence-corrected chi connectivity index (χ3v) is 6.35. The lowest BCUT2D eigenvalue weighted by atomic mass is 10.0. The first kappa shape index (κ1) is 43.0. The van der Waals surface area contributed by atoms with Crippen LogP contribution in [0.15, 0.2) is 4.99 Å². The molecule has 7 amide bonds. The standard InChI is InChI=1S/C27H48N10O11/c1-13(2)9-17(26(47)48)35-24(45)18(11-38)37-25(46)19(12-39)36-23(44)15(5-4-8-31-27(29)30)34-21(42)10-32-22(43)16(33-14(3)40)6-7-20(28)41/h13,15-19,38-39H,4-12H2,1-3H3,(H2,28,41)(H,32,43)(H,33,40)(H,34,42)(H,35,45)(H,36,44)(H,37,46)(H,47,48)(H4,29,30,31)/t15-,16-,17-,18-,19-/m0/s1. The number of hydrogen-bond donors (Lipinski definition) is 12. The van der Waals surface area contributed by atoms with Gasteiger partial charge in [-0.25, -0.2) is 4.79 Å². The number of nitrogens with one attached hydrogen (secondary N) is 6. The first-order valence-corrected chi connectivity index (χ1v) is 14.9. The van der Waals surface area contributed by atoms with E-state index in [0.717, 1.165) is 6.92 Å². The topological polar surface area (TPSA) is 360 Å². The van der Waals surface area contributed by atoms with Crippen molar-refractivity contribution >= 4 is 53.3 Å². The molecule has 0 rings (SSSR count). The number of aliphatic hydroxyl groups is 2. The van der Waals surface area contributed by atoms with Gasteiger partial charge in [0.05, 0.1) is 19.8 Å². The highest BCUT2D eigenvalue weighted by atomic mass is 16.4. The maximum absolute atomic E-state index is 13.1. The number of carbonyl (C=O) groups is 8. The number of hydrogen-bond acceptors (Lipinski definition) is 11. The van der Waals surface area contributed by atoms with Crippen molar-refractivity contribution in [2.45, 2.75) is 83.1 Å². The normalized spacial score (nSPS) is 13.8. The number of amides is 7. The molecule has 0 aliphatic rings. The summed E-state index contributed by atoms with van der Waals surface area (Å²) >= 11 is 0. The lowest BCUT2D eigenvalue weighted by molar-refractivity contribution is -0.143. The Morgan fingerprint density at radius 1 is 0.688 bits per heavy atom. The van der Waals surface area contributed by atoms with Gasteiger partial charge in [0, 0.05) is 19.9 Å². The van der Waals surface area contributed by atoms with Gasteiger partial charge in [-0.1, -0.05) is 13.8 Å². The number of aliphatic imine (C=N–C) groups is 1. The molecule has 0 bridgehead atoms. The molecule has 0 heterocycles. The maximum Gasteiger partial charge on any atom is 0.326 e. The van der Waals surface area contributed by atoms with Crippen LogP contribution in [0, 0.1) is 5.92 Å². The number of carbonyl (C=O) groups excluding carboxylic acids is 7. The Labute approximate surface area is 276 Å². The quantitative estimate of drug-likeness (QED) is 0.0270. The Hall–Kier alpha value is -5.05. The number of rotatable bonds is 23. The zero-order valence-electron chi connectivity index (χ0n) is 27.1. The maximum atomic E-state index is 13.1. The van der Waals surface area contributed by atoms with Crippen LogP contribution in [0.5, 0.6) is 0 Å². The van der Waals surface area contributed by atoms with E-state index in [1.165, 1.54) is 0 Å². The van der Waals surface area contributed by atoms with Crippen LogP contribution in [0.1, 0.15) is 52.9 Å². The number of carboxylic acid groups (broad SMARTS) is 1. The molecule has 21 heteroatoms. The molecule has 272 valence electrons. The Morgan fingerprint density at radius 3 is 1.62 bits per heavy atom. The molecule has 0 spiro atoms. The highest BCUT2D eigenvalue weighted by molar-refractivity contribution is 5.96. The number of primary amides is 1. The van der Waals surface area contributed by atoms with E-state index in [2.05, 4.69) is 36.9 Å². The lowest BCUT2D eigenvalue weighted by Crippen LogP contribution is -2.59. The summed E-state index contributed by atoms with van der Waals surface area (Å²) in [6.07, 6.45) is -0.256. The molecule has 0 aromatic carbocycles. The Balaban J connectivity index is 5.62. The van der Waals surface area contributed by atoms with Crippen molar-refractivity contribution < 1.29 is 53.7 Å². The van der Waals surface area contributed by atoms with Crippen LogP contribution in [0.4, 0.5) is 0 Å². The SMILES string of the molecule is CC(=O)N[C@@H](CCC(N)=O)C(=O)NCC(=O)N[C@@H](CCCN=C(N)N)C(=O)N[C@@H](CO)C(=O)N[C@@H](CO)C(=O)N[C@@H](CC(C)C)C(=O)O. The summed E-state index contributed by atoms with van der Waals surface area (Å²) in [4.78, 5) is 102. The summed E-state index contributed by atoms with van der Waals surface area (Å²) in [7, 11) is 0. The van der Waals surface area contributed by atoms with Gasteiger partial charge in [-0.2, -0.15) is 0 Å². The van der Waals surface area contributed by atoms with E-state index < -0.39 is 97.3 Å². The molecular formula is C27H48N10O11. The molecule has 0 saturated carbocycles. The van der Waals surface area contributed by atoms with E-state index in [4.69, 9.17) is 17.2 Å². The fourth-order valence-corrected chi connectivity index (χ4v) is 4.01. The van der Waals surface area contributed by atoms with Gasteiger partial charge in [-0.3, -0.25) is 38.6 Å². The summed E-state index contributed by atoms with van der Waals surface area (Å²) in [5.74, 6) is -7.77. The molecular weight excluding hydrogens is 640 g/mol. The second kappa shape index (κ2) is 22.5. The minimum Gasteiger partial charge on any atom is -0.480 e. The third kappa shape index (κ3) is 18.2. The van der Waals surface area contributed by atoms with E-state index >= 15 is 0 Å². The fraction of sp³-hybridized carbons (Fsp3) is 0.667. The van der Waals surface area contributed by atoms with E-state index in [-0.39, 0.29) is 50.5 Å². The van der Waals surface area contributed by atoms with E-state index in [1.807, 2.05) is 0 Å². The average molecular weight is 689 g/mol. The number of carboxylic acids is 1. The van der Waals surface area contributed by atoms with Crippen LogP contribution in [0.2, 0.25) is 0 Å². The first-order chi connectivity index (χ1) is 22.4. The van der Waals surface area contributed by atoms with Gasteiger partial charge >= 0.3 is 5.97 Å². The van der Waals surface area contributed by atoms with Crippen molar-refractivity contribution in [3.8, 4) is 0 Å². The smallest absolute Gasteiger partial charge is 0.326 e. The van der Waals surface area contributed by atoms with Crippen molar-refractivity contribution in [1.29, 1.82) is 0 Å². The zero-order valence-corrected chi connectivity index (χ0v) is 27.1. The summed E-state index contributed by atoms with van der Waals surface area (Å²) in [6, 6.07) is -7.18. The minimum atomic E-state index is -1.69. The number of nitrogens with zero attached hydrogens (tertiary/aromatic N) is 1. The highest BCUT2D eigenvalue weighted by Gasteiger charge is 2.31. The Kier molecular flexibility index (Phi) is 20.1. The van der Waals surface area contributed by atoms with Crippen LogP contribution < -0.4 is 49.1 Å². The molecule has 0 saturated heterocycles. The second-order valence-corrected chi connectivity index (χ2v) is 11.1. The van der Waals surface area contributed by atoms with Crippen LogP contribution in [0.25, 0.3) is 0 Å². The summed E-state index contributed by atoms with van der Waals surface area (Å²) < 4.78 is 0. The Morgan fingerprint density at radius 2 is 1.19 bits per heavy atom. The largest absolute Gasteiger partial charge is 0.480 e. The van der Waals surface area contributed by atoms with Crippen LogP contribution in [-0.2, 0) is 38.4 Å². The monoisotopic (exact) mass is 688 g/mol. The van der Waals surface area contributed by atoms with Crippen molar-refractivity contribution in [3.63, 3.8) is 0 Å². The molecule has 0 unspecified atom stereocenters. The van der Waals surface area contributed by atoms with Gasteiger partial charge in [-0.15, -0.1) is 0 Å². The predicted molar refractivity (Wildman–Crippen MR) is 168 cm³/mol. The molecule has 0 aromatic rings. The molecule has 0 radical (unpaired) electrons. The van der Waals surface area contributed by atoms with Gasteiger partial charge in [0.1, 0.15) is 30.2 Å². The zero-order chi connectivity index (χ0) is 37.0. The molecule has 0 aliphatic carbocycles. The molecule has 5 atom stereocenters. The highest BCUT2D eigenvalue weighted by Crippen LogP contribution is 2.06. The minimum absolute atomic E-state index is 0.0440. The average Bonchev–Trinajstić information content (AvgIpc) is 2.99. The van der Waals surface area contributed by atoms with Crippen LogP contribution in [-0.4, -0.2) is 125 Å². The molecule has 0 aliphatic heterocycles. The van der Waals surface area contributed by atoms with E-state index in [0.29, 0.717) is 0 Å². The molecule has 15 N–H and O–H groups in total. The van der Waals surface area contributed by atoms with Gasteiger partial charge in [0.2, 0.25) is 41.4 Å². The number of guanidine groups is 1. The predicted octanol–water partition coefficient (Wildman–Crippen LogP) is -6.02. The fourth-order valence-electron chi connectivity index (χ4n) is 4.01. The van der Waals surface area contributed by atoms with Crippen molar-refractivity contribution in [1.82, 2.24) is 31.9 Å². The second-order valence-electron chi connectivity index (χ2n) is 11.1. The number of aliphatic hydroxyl groups excluding tert-OH is 2. The summed E-state index contributed by atoms with van der Waals surface area (Å²) in [5, 5.41) is 42.4. The molecule has 48 heavy (non-hydrogen) atoms. The van der Waals surface area contributed by atoms with Crippen molar-refractivity contribution in [2.75, 3.05) is 26.3 Å². The molecule has 21 nitrogen and oxygen atoms in total. The third-order valence-electron chi connectivity index (χ3n) is 6.35. The number of aliphatic carboxylic acids is 1. The molecule has 0 aromatic heterocycles. The number of nitrogens with two attached hydrogens (primary N) is 3. The van der Waals surface area contributed by atoms with Gasteiger partial charge in [-0.05, 0) is 31.6 Å². The summed E-state index contributed by atoms with van der Waals surface area (Å²) in [5.41, 5.74) is 15.7. The summed E-state index contributed by atoms with van der Waals surface area (Å²) in [6.45, 7) is 2.04. The lowest BCUT2D eigenvalue weighted by Gasteiger charge is -2.25. The molecule has 0 fully saturated rings. The van der Waals surface area contributed by atoms with Gasteiger partial charge in [0.15, 0.2) is 5.96 Å². The van der Waals surface area contributed by atoms with E-state index in [9.17, 15) is 53.7 Å².